The van der Waals surface area contributed by atoms with E-state index in [1.54, 1.807) is 6.07 Å². The number of rotatable bonds is 1. The first kappa shape index (κ1) is 9.33. The number of hydrogen-bond acceptors (Lipinski definition) is 3. The molecule has 4 heteroatoms. The monoisotopic (exact) mass is 204 g/mol. The third-order valence-electron chi connectivity index (χ3n) is 2.17. The van der Waals surface area contributed by atoms with Crippen molar-refractivity contribution in [2.75, 3.05) is 0 Å². The van der Waals surface area contributed by atoms with E-state index in [1.807, 2.05) is 0 Å². The van der Waals surface area contributed by atoms with E-state index in [2.05, 4.69) is 0 Å². The number of aromatic hydroxyl groups is 2. The Morgan fingerprint density at radius 3 is 2.40 bits per heavy atom. The number of benzene rings is 2. The van der Waals surface area contributed by atoms with Gasteiger partial charge in [-0.05, 0) is 35.0 Å². The highest BCUT2D eigenvalue weighted by Gasteiger charge is 2.10. The van der Waals surface area contributed by atoms with Crippen LogP contribution in [-0.2, 0) is 0 Å². The van der Waals surface area contributed by atoms with Crippen molar-refractivity contribution in [3.63, 3.8) is 0 Å². The van der Waals surface area contributed by atoms with Crippen molar-refractivity contribution in [3.05, 3.63) is 35.9 Å². The maximum atomic E-state index is 10.7. The molecule has 0 amide bonds. The van der Waals surface area contributed by atoms with Gasteiger partial charge < -0.3 is 15.3 Å². The van der Waals surface area contributed by atoms with Crippen molar-refractivity contribution in [2.24, 2.45) is 0 Å². The summed E-state index contributed by atoms with van der Waals surface area (Å²) in [4.78, 5) is 10.7. The smallest absolute Gasteiger partial charge is 0.339 e. The quantitative estimate of drug-likeness (QED) is 0.663. The van der Waals surface area contributed by atoms with E-state index < -0.39 is 5.97 Å². The number of phenols is 2. The number of carboxylic acids is 1. The van der Waals surface area contributed by atoms with Gasteiger partial charge in [-0.1, -0.05) is 6.07 Å². The summed E-state index contributed by atoms with van der Waals surface area (Å²) in [6.45, 7) is 0. The van der Waals surface area contributed by atoms with Crippen LogP contribution in [0.5, 0.6) is 11.5 Å². The third kappa shape index (κ3) is 1.57. The van der Waals surface area contributed by atoms with Crippen LogP contribution in [0.15, 0.2) is 30.3 Å². The largest absolute Gasteiger partial charge is 0.508 e. The van der Waals surface area contributed by atoms with E-state index in [0.717, 1.165) is 0 Å². The SMILES string of the molecule is O=C(O)c1cc2ccc(O)cc2cc1O. The molecule has 0 unspecified atom stereocenters. The third-order valence-corrected chi connectivity index (χ3v) is 2.17. The number of phenolic OH excluding ortho intramolecular Hbond substituents is 1. The van der Waals surface area contributed by atoms with Gasteiger partial charge in [0.05, 0.1) is 0 Å². The average Bonchev–Trinajstić information content (AvgIpc) is 2.15. The van der Waals surface area contributed by atoms with Crippen LogP contribution in [0.4, 0.5) is 0 Å². The van der Waals surface area contributed by atoms with Crippen LogP contribution in [0.2, 0.25) is 0 Å². The number of fused-ring (bicyclic) bond motifs is 1. The van der Waals surface area contributed by atoms with Crippen LogP contribution in [0, 0.1) is 0 Å². The zero-order chi connectivity index (χ0) is 11.0. The summed E-state index contributed by atoms with van der Waals surface area (Å²) in [5.74, 6) is -1.41. The topological polar surface area (TPSA) is 77.8 Å². The van der Waals surface area contributed by atoms with Crippen LogP contribution >= 0.6 is 0 Å². The maximum absolute atomic E-state index is 10.7. The molecular formula is C11H8O4. The zero-order valence-corrected chi connectivity index (χ0v) is 7.64. The van der Waals surface area contributed by atoms with Crippen molar-refractivity contribution >= 4 is 16.7 Å². The molecule has 0 aliphatic rings. The molecule has 0 saturated carbocycles. The van der Waals surface area contributed by atoms with E-state index in [1.165, 1.54) is 24.3 Å². The predicted octanol–water partition coefficient (Wildman–Crippen LogP) is 1.95. The highest BCUT2D eigenvalue weighted by atomic mass is 16.4. The summed E-state index contributed by atoms with van der Waals surface area (Å²) < 4.78 is 0. The molecule has 0 spiro atoms. The van der Waals surface area contributed by atoms with Gasteiger partial charge in [0.2, 0.25) is 0 Å². The van der Waals surface area contributed by atoms with Gasteiger partial charge in [-0.25, -0.2) is 4.79 Å². The fourth-order valence-corrected chi connectivity index (χ4v) is 1.44. The molecule has 0 fully saturated rings. The molecule has 0 aliphatic heterocycles. The van der Waals surface area contributed by atoms with E-state index in [4.69, 9.17) is 5.11 Å². The molecule has 0 radical (unpaired) electrons. The number of carbonyl (C=O) groups is 1. The lowest BCUT2D eigenvalue weighted by atomic mass is 10.1. The minimum absolute atomic E-state index is 0.0741. The molecule has 0 saturated heterocycles. The lowest BCUT2D eigenvalue weighted by Gasteiger charge is -2.03. The fourth-order valence-electron chi connectivity index (χ4n) is 1.44. The normalized spacial score (nSPS) is 10.4. The van der Waals surface area contributed by atoms with Crippen molar-refractivity contribution in [2.45, 2.75) is 0 Å². The first-order chi connectivity index (χ1) is 7.08. The lowest BCUT2D eigenvalue weighted by molar-refractivity contribution is 0.0694. The Morgan fingerprint density at radius 1 is 1.00 bits per heavy atom. The first-order valence-electron chi connectivity index (χ1n) is 4.27. The highest BCUT2D eigenvalue weighted by Crippen LogP contribution is 2.27. The molecule has 0 aromatic heterocycles. The molecule has 76 valence electrons. The van der Waals surface area contributed by atoms with Gasteiger partial charge in [0, 0.05) is 0 Å². The number of aromatic carboxylic acids is 1. The van der Waals surface area contributed by atoms with E-state index in [-0.39, 0.29) is 17.1 Å². The molecular weight excluding hydrogens is 196 g/mol. The van der Waals surface area contributed by atoms with Crippen molar-refractivity contribution in [1.29, 1.82) is 0 Å². The van der Waals surface area contributed by atoms with Crippen molar-refractivity contribution < 1.29 is 20.1 Å². The Morgan fingerprint density at radius 2 is 1.73 bits per heavy atom. The summed E-state index contributed by atoms with van der Waals surface area (Å²) >= 11 is 0. The molecule has 2 rings (SSSR count). The second kappa shape index (κ2) is 3.16. The zero-order valence-electron chi connectivity index (χ0n) is 7.64. The Kier molecular flexibility index (Phi) is 1.97. The van der Waals surface area contributed by atoms with Gasteiger partial charge in [0.25, 0.3) is 0 Å². The molecule has 2 aromatic carbocycles. The van der Waals surface area contributed by atoms with E-state index >= 15 is 0 Å². The standard InChI is InChI=1S/C11H8O4/c12-8-2-1-6-4-9(11(14)15)10(13)5-7(6)3-8/h1-5,12-13H,(H,14,15). The summed E-state index contributed by atoms with van der Waals surface area (Å²) in [7, 11) is 0. The predicted molar refractivity (Wildman–Crippen MR) is 54.2 cm³/mol. The van der Waals surface area contributed by atoms with Gasteiger partial charge >= 0.3 is 5.97 Å². The van der Waals surface area contributed by atoms with Crippen LogP contribution in [0.3, 0.4) is 0 Å². The molecule has 2 aromatic rings. The lowest BCUT2D eigenvalue weighted by Crippen LogP contribution is -1.96. The summed E-state index contributed by atoms with van der Waals surface area (Å²) in [5.41, 5.74) is -0.145. The van der Waals surface area contributed by atoms with Crippen LogP contribution in [0.1, 0.15) is 10.4 Å². The minimum atomic E-state index is -1.18. The summed E-state index contributed by atoms with van der Waals surface area (Å²) in [6.07, 6.45) is 0. The second-order valence-electron chi connectivity index (χ2n) is 3.21. The molecule has 0 atom stereocenters. The summed E-state index contributed by atoms with van der Waals surface area (Å²) in [6, 6.07) is 7.20. The van der Waals surface area contributed by atoms with E-state index in [0.29, 0.717) is 10.8 Å². The minimum Gasteiger partial charge on any atom is -0.508 e. The van der Waals surface area contributed by atoms with Crippen LogP contribution in [0.25, 0.3) is 10.8 Å². The number of carboxylic acid groups (broad SMARTS) is 1. The molecule has 0 aliphatic carbocycles. The summed E-state index contributed by atoms with van der Waals surface area (Å²) in [5, 5.41) is 28.6. The molecule has 15 heavy (non-hydrogen) atoms. The Hall–Kier alpha value is -2.23. The van der Waals surface area contributed by atoms with Gasteiger partial charge in [0.1, 0.15) is 17.1 Å². The molecule has 4 nitrogen and oxygen atoms in total. The second-order valence-corrected chi connectivity index (χ2v) is 3.21. The fraction of sp³-hybridized carbons (Fsp3) is 0. The molecule has 3 N–H and O–H groups in total. The first-order valence-corrected chi connectivity index (χ1v) is 4.27. The highest BCUT2D eigenvalue weighted by molar-refractivity contribution is 5.97. The van der Waals surface area contributed by atoms with Gasteiger partial charge in [-0.3, -0.25) is 0 Å². The Balaban J connectivity index is 2.76. The van der Waals surface area contributed by atoms with Gasteiger partial charge in [-0.2, -0.15) is 0 Å². The van der Waals surface area contributed by atoms with Gasteiger partial charge in [-0.15, -0.1) is 0 Å². The van der Waals surface area contributed by atoms with Crippen molar-refractivity contribution in [1.82, 2.24) is 0 Å². The van der Waals surface area contributed by atoms with E-state index in [9.17, 15) is 15.0 Å². The van der Waals surface area contributed by atoms with Gasteiger partial charge in [0.15, 0.2) is 0 Å². The van der Waals surface area contributed by atoms with Crippen LogP contribution < -0.4 is 0 Å². The van der Waals surface area contributed by atoms with Crippen LogP contribution in [-0.4, -0.2) is 21.3 Å². The average molecular weight is 204 g/mol. The Labute approximate surface area is 85.0 Å². The van der Waals surface area contributed by atoms with Crippen molar-refractivity contribution in [3.8, 4) is 11.5 Å². The maximum Gasteiger partial charge on any atom is 0.339 e. The molecule has 0 bridgehead atoms. The Bertz CT molecular complexity index is 546. The molecule has 0 heterocycles. The number of hydrogen-bond donors (Lipinski definition) is 3.